The Labute approximate surface area is 241 Å². The Bertz CT molecular complexity index is 1470. The van der Waals surface area contributed by atoms with Gasteiger partial charge in [0.25, 0.3) is 0 Å². The third kappa shape index (κ3) is 5.28. The maximum Gasteiger partial charge on any atom is 0.410 e. The van der Waals surface area contributed by atoms with Gasteiger partial charge in [-0.2, -0.15) is 10.2 Å². The van der Waals surface area contributed by atoms with E-state index >= 15 is 0 Å². The Morgan fingerprint density at radius 1 is 1.17 bits per heavy atom. The van der Waals surface area contributed by atoms with Gasteiger partial charge in [0.05, 0.1) is 36.0 Å². The highest BCUT2D eigenvalue weighted by molar-refractivity contribution is 5.88. The zero-order valence-corrected chi connectivity index (χ0v) is 25.2. The SMILES string of the molecule is CC(C)Cc1cc(-c2n[nH]c3c2CN(C(=O)NC2CCC4CCC2N4C(=O)OC(C)(C)C)CC3)cc2cnn(C)c12. The van der Waals surface area contributed by atoms with E-state index in [-0.39, 0.29) is 30.2 Å². The van der Waals surface area contributed by atoms with Gasteiger partial charge in [0.1, 0.15) is 5.60 Å². The highest BCUT2D eigenvalue weighted by Crippen LogP contribution is 2.37. The number of nitrogens with one attached hydrogen (secondary N) is 2. The molecule has 10 heteroatoms. The molecule has 6 rings (SSSR count). The van der Waals surface area contributed by atoms with Crippen molar-refractivity contribution >= 4 is 23.0 Å². The number of carbonyl (C=O) groups is 2. The van der Waals surface area contributed by atoms with E-state index in [2.05, 4.69) is 41.5 Å². The summed E-state index contributed by atoms with van der Waals surface area (Å²) in [7, 11) is 1.99. The largest absolute Gasteiger partial charge is 0.444 e. The molecule has 41 heavy (non-hydrogen) atoms. The molecule has 2 N–H and O–H groups in total. The van der Waals surface area contributed by atoms with Crippen LogP contribution in [0.2, 0.25) is 0 Å². The van der Waals surface area contributed by atoms with Gasteiger partial charge in [-0.25, -0.2) is 9.59 Å². The van der Waals surface area contributed by atoms with Gasteiger partial charge in [-0.1, -0.05) is 13.8 Å². The van der Waals surface area contributed by atoms with Crippen LogP contribution in [0.3, 0.4) is 0 Å². The van der Waals surface area contributed by atoms with Crippen LogP contribution < -0.4 is 5.32 Å². The van der Waals surface area contributed by atoms with E-state index in [9.17, 15) is 9.59 Å². The summed E-state index contributed by atoms with van der Waals surface area (Å²) >= 11 is 0. The zero-order valence-electron chi connectivity index (χ0n) is 25.2. The van der Waals surface area contributed by atoms with Crippen LogP contribution >= 0.6 is 0 Å². The molecule has 2 bridgehead atoms. The molecule has 220 valence electrons. The molecule has 3 atom stereocenters. The first-order chi connectivity index (χ1) is 19.5. The number of aromatic nitrogens is 4. The number of H-pyrrole nitrogens is 1. The average molecular weight is 562 g/mol. The van der Waals surface area contributed by atoms with Gasteiger partial charge in [-0.05, 0) is 76.5 Å². The number of urea groups is 1. The summed E-state index contributed by atoms with van der Waals surface area (Å²) in [5, 5.41) is 16.9. The van der Waals surface area contributed by atoms with Crippen molar-refractivity contribution in [3.8, 4) is 11.3 Å². The van der Waals surface area contributed by atoms with Crippen molar-refractivity contribution in [1.82, 2.24) is 35.1 Å². The van der Waals surface area contributed by atoms with E-state index in [1.807, 2.05) is 48.5 Å². The Kier molecular flexibility index (Phi) is 6.98. The quantitative estimate of drug-likeness (QED) is 0.458. The normalized spacial score (nSPS) is 22.4. The minimum atomic E-state index is -0.544. The first-order valence-electron chi connectivity index (χ1n) is 15.1. The molecular formula is C31H43N7O3. The minimum absolute atomic E-state index is 0.0250. The summed E-state index contributed by atoms with van der Waals surface area (Å²) in [5.74, 6) is 0.511. The van der Waals surface area contributed by atoms with Crippen LogP contribution in [0.25, 0.3) is 22.2 Å². The number of benzene rings is 1. The molecule has 5 heterocycles. The highest BCUT2D eigenvalue weighted by Gasteiger charge is 2.47. The van der Waals surface area contributed by atoms with Crippen molar-refractivity contribution in [2.75, 3.05) is 6.54 Å². The third-order valence-electron chi connectivity index (χ3n) is 8.77. The lowest BCUT2D eigenvalue weighted by molar-refractivity contribution is 0.00304. The van der Waals surface area contributed by atoms with Crippen molar-refractivity contribution in [2.45, 2.75) is 103 Å². The molecule has 0 saturated carbocycles. The first kappa shape index (κ1) is 27.6. The molecule has 0 aliphatic carbocycles. The van der Waals surface area contributed by atoms with Gasteiger partial charge < -0.3 is 19.9 Å². The summed E-state index contributed by atoms with van der Waals surface area (Å²) in [6, 6.07) is 4.42. The van der Waals surface area contributed by atoms with Gasteiger partial charge in [-0.15, -0.1) is 0 Å². The second-order valence-electron chi connectivity index (χ2n) is 13.5. The Balaban J connectivity index is 1.20. The zero-order chi connectivity index (χ0) is 29.1. The van der Waals surface area contributed by atoms with E-state index in [1.54, 1.807) is 0 Å². The van der Waals surface area contributed by atoms with Gasteiger partial charge in [-0.3, -0.25) is 9.78 Å². The summed E-state index contributed by atoms with van der Waals surface area (Å²) < 4.78 is 7.67. The van der Waals surface area contributed by atoms with Crippen molar-refractivity contribution < 1.29 is 14.3 Å². The van der Waals surface area contributed by atoms with E-state index < -0.39 is 5.60 Å². The fourth-order valence-electron chi connectivity index (χ4n) is 7.03. The second kappa shape index (κ2) is 10.4. The predicted octanol–water partition coefficient (Wildman–Crippen LogP) is 5.16. The molecule has 0 spiro atoms. The van der Waals surface area contributed by atoms with Gasteiger partial charge in [0.2, 0.25) is 0 Å². The summed E-state index contributed by atoms with van der Waals surface area (Å²) in [4.78, 5) is 30.4. The molecule has 10 nitrogen and oxygen atoms in total. The number of amides is 3. The van der Waals surface area contributed by atoms with E-state index in [0.717, 1.165) is 71.9 Å². The summed E-state index contributed by atoms with van der Waals surface area (Å²) in [6.07, 6.45) is 6.93. The standard InChI is InChI=1S/C31H43N7O3/c1-18(2)13-20-14-19(15-21-16-32-36(6)28(20)21)27-23-17-37(12-11-24(23)34-35-27)29(39)33-25-9-7-22-8-10-26(25)38(22)30(40)41-31(3,4)5/h14-16,18,22,25-26H,7-13,17H2,1-6H3,(H,33,39)(H,34,35). The van der Waals surface area contributed by atoms with Gasteiger partial charge >= 0.3 is 12.1 Å². The monoisotopic (exact) mass is 561 g/mol. The molecule has 2 fully saturated rings. The van der Waals surface area contributed by atoms with Crippen LogP contribution in [0, 0.1) is 5.92 Å². The summed E-state index contributed by atoms with van der Waals surface area (Å²) in [5.41, 5.74) is 6.00. The minimum Gasteiger partial charge on any atom is -0.444 e. The lowest BCUT2D eigenvalue weighted by Crippen LogP contribution is -2.58. The number of hydrogen-bond acceptors (Lipinski definition) is 5. The maximum absolute atomic E-state index is 13.6. The number of rotatable bonds is 4. The van der Waals surface area contributed by atoms with Crippen LogP contribution in [-0.4, -0.2) is 72.2 Å². The topological polar surface area (TPSA) is 108 Å². The molecule has 2 aromatic heterocycles. The fraction of sp³-hybridized carbons (Fsp3) is 0.613. The number of ether oxygens (including phenoxy) is 1. The first-order valence-corrected chi connectivity index (χ1v) is 15.1. The van der Waals surface area contributed by atoms with Crippen LogP contribution in [-0.2, 0) is 31.2 Å². The fourth-order valence-corrected chi connectivity index (χ4v) is 7.03. The van der Waals surface area contributed by atoms with Crippen LogP contribution in [0.1, 0.15) is 77.1 Å². The lowest BCUT2D eigenvalue weighted by Gasteiger charge is -2.41. The Morgan fingerprint density at radius 3 is 2.71 bits per heavy atom. The molecule has 2 saturated heterocycles. The molecular weight excluding hydrogens is 518 g/mol. The predicted molar refractivity (Wildman–Crippen MR) is 157 cm³/mol. The highest BCUT2D eigenvalue weighted by atomic mass is 16.6. The molecule has 3 amide bonds. The van der Waals surface area contributed by atoms with Crippen molar-refractivity contribution in [3.05, 3.63) is 35.2 Å². The van der Waals surface area contributed by atoms with Crippen LogP contribution in [0.4, 0.5) is 9.59 Å². The van der Waals surface area contributed by atoms with Crippen molar-refractivity contribution in [2.24, 2.45) is 13.0 Å². The summed E-state index contributed by atoms with van der Waals surface area (Å²) in [6.45, 7) is 11.3. The van der Waals surface area contributed by atoms with Crippen molar-refractivity contribution in [3.63, 3.8) is 0 Å². The Hall–Kier alpha value is -3.56. The molecule has 3 aromatic rings. The number of hydrogen-bond donors (Lipinski definition) is 2. The molecule has 0 radical (unpaired) electrons. The van der Waals surface area contributed by atoms with E-state index in [1.165, 1.54) is 5.56 Å². The molecule has 3 aliphatic rings. The molecule has 3 aliphatic heterocycles. The maximum atomic E-state index is 13.6. The number of carbonyl (C=O) groups excluding carboxylic acids is 2. The van der Waals surface area contributed by atoms with E-state index in [0.29, 0.717) is 19.0 Å². The number of nitrogens with zero attached hydrogens (tertiary/aromatic N) is 5. The van der Waals surface area contributed by atoms with Crippen molar-refractivity contribution in [1.29, 1.82) is 0 Å². The Morgan fingerprint density at radius 2 is 1.95 bits per heavy atom. The lowest BCUT2D eigenvalue weighted by atomic mass is 9.95. The number of fused-ring (bicyclic) bond motifs is 4. The number of aryl methyl sites for hydroxylation is 1. The number of aromatic amines is 1. The van der Waals surface area contributed by atoms with Crippen LogP contribution in [0.5, 0.6) is 0 Å². The average Bonchev–Trinajstić information content (AvgIpc) is 3.58. The molecule has 3 unspecified atom stereocenters. The van der Waals surface area contributed by atoms with Gasteiger partial charge in [0.15, 0.2) is 0 Å². The van der Waals surface area contributed by atoms with E-state index in [4.69, 9.17) is 9.84 Å². The second-order valence-corrected chi connectivity index (χ2v) is 13.5. The third-order valence-corrected chi connectivity index (χ3v) is 8.77. The van der Waals surface area contributed by atoms with Crippen LogP contribution in [0.15, 0.2) is 18.3 Å². The smallest absolute Gasteiger partial charge is 0.410 e. The van der Waals surface area contributed by atoms with Gasteiger partial charge in [0, 0.05) is 48.3 Å². The molecule has 1 aromatic carbocycles. The number of piperidine rings is 1.